The average Bonchev–Trinajstić information content (AvgIpc) is 2.58. The predicted octanol–water partition coefficient (Wildman–Crippen LogP) is 1.80. The van der Waals surface area contributed by atoms with E-state index in [-0.39, 0.29) is 18.4 Å². The zero-order valence-corrected chi connectivity index (χ0v) is 13.6. The van der Waals surface area contributed by atoms with Crippen molar-refractivity contribution < 1.29 is 18.0 Å². The molecule has 0 atom stereocenters. The maximum atomic E-state index is 12.9. The number of halogens is 3. The highest BCUT2D eigenvalue weighted by Crippen LogP contribution is 2.11. The maximum absolute atomic E-state index is 12.9. The van der Waals surface area contributed by atoms with Crippen LogP contribution >= 0.6 is 0 Å². The summed E-state index contributed by atoms with van der Waals surface area (Å²) < 4.78 is 36.8. The Balaban J connectivity index is 1.59. The molecule has 0 spiro atoms. The van der Waals surface area contributed by atoms with Crippen LogP contribution in [-0.4, -0.2) is 56.0 Å². The number of likely N-dealkylation sites (tertiary alicyclic amines) is 1. The van der Waals surface area contributed by atoms with E-state index in [2.05, 4.69) is 15.5 Å². The zero-order chi connectivity index (χ0) is 17.4. The summed E-state index contributed by atoms with van der Waals surface area (Å²) in [6, 6.07) is 6.81. The molecule has 0 saturated carbocycles. The topological polar surface area (TPSA) is 44.4 Å². The summed E-state index contributed by atoms with van der Waals surface area (Å²) in [6.45, 7) is 2.26. The van der Waals surface area contributed by atoms with Crippen LogP contribution in [0.5, 0.6) is 0 Å². The van der Waals surface area contributed by atoms with Crippen molar-refractivity contribution in [2.45, 2.75) is 31.7 Å². The van der Waals surface area contributed by atoms with Crippen LogP contribution in [0.1, 0.15) is 18.4 Å². The highest BCUT2D eigenvalue weighted by atomic mass is 19.3. The van der Waals surface area contributed by atoms with E-state index in [0.29, 0.717) is 0 Å². The first-order valence-corrected chi connectivity index (χ1v) is 8.28. The van der Waals surface area contributed by atoms with Gasteiger partial charge in [-0.2, -0.15) is 0 Å². The van der Waals surface area contributed by atoms with Gasteiger partial charge in [0, 0.05) is 12.6 Å². The molecule has 4 nitrogen and oxygen atoms in total. The number of alkyl halides is 2. The molecular formula is C17H24F3N3O. The minimum absolute atomic E-state index is 0.0764. The minimum Gasteiger partial charge on any atom is -0.349 e. The van der Waals surface area contributed by atoms with E-state index in [1.165, 1.54) is 12.1 Å². The molecular weight excluding hydrogens is 319 g/mol. The van der Waals surface area contributed by atoms with E-state index in [9.17, 15) is 18.0 Å². The van der Waals surface area contributed by atoms with E-state index in [1.807, 2.05) is 12.1 Å². The van der Waals surface area contributed by atoms with Crippen LogP contribution in [0.2, 0.25) is 0 Å². The van der Waals surface area contributed by atoms with Gasteiger partial charge in [0.05, 0.1) is 13.1 Å². The number of hydrogen-bond acceptors (Lipinski definition) is 3. The fourth-order valence-corrected chi connectivity index (χ4v) is 2.79. The molecule has 1 aliphatic rings. The van der Waals surface area contributed by atoms with Crippen molar-refractivity contribution in [2.24, 2.45) is 0 Å². The number of amides is 1. The second-order valence-electron chi connectivity index (χ2n) is 6.07. The Morgan fingerprint density at radius 2 is 1.88 bits per heavy atom. The molecule has 1 heterocycles. The van der Waals surface area contributed by atoms with Crippen LogP contribution in [0.15, 0.2) is 24.3 Å². The van der Waals surface area contributed by atoms with E-state index in [4.69, 9.17) is 0 Å². The van der Waals surface area contributed by atoms with Crippen molar-refractivity contribution in [1.29, 1.82) is 0 Å². The van der Waals surface area contributed by atoms with Crippen LogP contribution in [0.3, 0.4) is 0 Å². The lowest BCUT2D eigenvalue weighted by Gasteiger charge is -2.32. The molecule has 0 aromatic heterocycles. The van der Waals surface area contributed by atoms with Crippen LogP contribution in [0.4, 0.5) is 13.2 Å². The number of carbonyl (C=O) groups is 1. The highest BCUT2D eigenvalue weighted by molar-refractivity contribution is 5.78. The van der Waals surface area contributed by atoms with Crippen molar-refractivity contribution in [2.75, 3.05) is 32.7 Å². The first kappa shape index (κ1) is 18.7. The van der Waals surface area contributed by atoms with Gasteiger partial charge in [-0.3, -0.25) is 4.79 Å². The smallest absolute Gasteiger partial charge is 0.255 e. The minimum atomic E-state index is -2.52. The highest BCUT2D eigenvalue weighted by Gasteiger charge is 2.19. The number of hydrogen-bond donors (Lipinski definition) is 2. The standard InChI is InChI=1S/C17H24F3N3O/c18-14-3-1-13(2-4-14)5-8-23-9-6-15(7-10-23)21-12-17(24)22-11-16(19)20/h1-4,15-16,21H,5-12H2,(H,22,24). The summed E-state index contributed by atoms with van der Waals surface area (Å²) in [5.74, 6) is -0.614. The molecule has 1 saturated heterocycles. The maximum Gasteiger partial charge on any atom is 0.255 e. The lowest BCUT2D eigenvalue weighted by atomic mass is 10.0. The third kappa shape index (κ3) is 6.88. The van der Waals surface area contributed by atoms with Gasteiger partial charge in [-0.25, -0.2) is 13.2 Å². The molecule has 0 bridgehead atoms. The molecule has 2 N–H and O–H groups in total. The van der Waals surface area contributed by atoms with Crippen molar-refractivity contribution in [3.63, 3.8) is 0 Å². The Kier molecular flexibility index (Phi) is 7.52. The number of piperidine rings is 1. The summed E-state index contributed by atoms with van der Waals surface area (Å²) in [7, 11) is 0. The van der Waals surface area contributed by atoms with Crippen LogP contribution in [-0.2, 0) is 11.2 Å². The fraction of sp³-hybridized carbons (Fsp3) is 0.588. The first-order chi connectivity index (χ1) is 11.5. The van der Waals surface area contributed by atoms with Crippen molar-refractivity contribution in [3.8, 4) is 0 Å². The van der Waals surface area contributed by atoms with Crippen LogP contribution in [0, 0.1) is 5.82 Å². The van der Waals surface area contributed by atoms with Gasteiger partial charge in [-0.05, 0) is 50.0 Å². The van der Waals surface area contributed by atoms with Gasteiger partial charge in [0.1, 0.15) is 5.82 Å². The number of carbonyl (C=O) groups excluding carboxylic acids is 1. The van der Waals surface area contributed by atoms with E-state index in [1.54, 1.807) is 0 Å². The number of nitrogens with one attached hydrogen (secondary N) is 2. The Hall–Kier alpha value is -1.60. The van der Waals surface area contributed by atoms with E-state index >= 15 is 0 Å². The second-order valence-corrected chi connectivity index (χ2v) is 6.07. The number of rotatable bonds is 8. The predicted molar refractivity (Wildman–Crippen MR) is 86.6 cm³/mol. The van der Waals surface area contributed by atoms with E-state index in [0.717, 1.165) is 44.5 Å². The third-order valence-corrected chi connectivity index (χ3v) is 4.22. The fourth-order valence-electron chi connectivity index (χ4n) is 2.79. The molecule has 1 aromatic rings. The summed E-state index contributed by atoms with van der Waals surface area (Å²) in [5.41, 5.74) is 1.12. The van der Waals surface area contributed by atoms with Gasteiger partial charge in [0.2, 0.25) is 5.91 Å². The molecule has 1 fully saturated rings. The van der Waals surface area contributed by atoms with Crippen molar-refractivity contribution >= 4 is 5.91 Å². The Morgan fingerprint density at radius 3 is 2.50 bits per heavy atom. The van der Waals surface area contributed by atoms with Gasteiger partial charge >= 0.3 is 0 Å². The summed E-state index contributed by atoms with van der Waals surface area (Å²) in [6.07, 6.45) is 0.212. The Bertz CT molecular complexity index is 502. The molecule has 0 unspecified atom stereocenters. The molecule has 2 rings (SSSR count). The zero-order valence-electron chi connectivity index (χ0n) is 13.6. The van der Waals surface area contributed by atoms with Gasteiger partial charge in [0.25, 0.3) is 6.43 Å². The van der Waals surface area contributed by atoms with Gasteiger partial charge in [-0.1, -0.05) is 12.1 Å². The largest absolute Gasteiger partial charge is 0.349 e. The van der Waals surface area contributed by atoms with Crippen LogP contribution in [0.25, 0.3) is 0 Å². The van der Waals surface area contributed by atoms with Crippen molar-refractivity contribution in [3.05, 3.63) is 35.6 Å². The second kappa shape index (κ2) is 9.64. The summed E-state index contributed by atoms with van der Waals surface area (Å²) >= 11 is 0. The monoisotopic (exact) mass is 343 g/mol. The SMILES string of the molecule is O=C(CNC1CCN(CCc2ccc(F)cc2)CC1)NCC(F)F. The molecule has 1 amide bonds. The van der Waals surface area contributed by atoms with Gasteiger partial charge in [0.15, 0.2) is 0 Å². The lowest BCUT2D eigenvalue weighted by Crippen LogP contribution is -2.46. The molecule has 0 radical (unpaired) electrons. The molecule has 134 valence electrons. The third-order valence-electron chi connectivity index (χ3n) is 4.22. The number of benzene rings is 1. The van der Waals surface area contributed by atoms with Gasteiger partial charge < -0.3 is 15.5 Å². The van der Waals surface area contributed by atoms with E-state index < -0.39 is 18.9 Å². The Morgan fingerprint density at radius 1 is 1.21 bits per heavy atom. The normalized spacial score (nSPS) is 16.5. The molecule has 1 aliphatic heterocycles. The summed E-state index contributed by atoms with van der Waals surface area (Å²) in [5, 5.41) is 5.30. The van der Waals surface area contributed by atoms with Crippen molar-refractivity contribution in [1.82, 2.24) is 15.5 Å². The molecule has 0 aliphatic carbocycles. The van der Waals surface area contributed by atoms with Gasteiger partial charge in [-0.15, -0.1) is 0 Å². The average molecular weight is 343 g/mol. The van der Waals surface area contributed by atoms with Crippen LogP contribution < -0.4 is 10.6 Å². The Labute approximate surface area is 140 Å². The molecule has 1 aromatic carbocycles. The molecule has 24 heavy (non-hydrogen) atoms. The quantitative estimate of drug-likeness (QED) is 0.757. The number of nitrogens with zero attached hydrogens (tertiary/aromatic N) is 1. The molecule has 7 heteroatoms. The lowest BCUT2D eigenvalue weighted by molar-refractivity contribution is -0.121. The summed E-state index contributed by atoms with van der Waals surface area (Å²) in [4.78, 5) is 13.7. The first-order valence-electron chi connectivity index (χ1n) is 8.28.